The highest BCUT2D eigenvalue weighted by Crippen LogP contribution is 2.25. The van der Waals surface area contributed by atoms with E-state index in [1.165, 1.54) is 0 Å². The number of hydrogen-bond acceptors (Lipinski definition) is 4. The van der Waals surface area contributed by atoms with Crippen molar-refractivity contribution in [1.29, 1.82) is 0 Å². The molecule has 6 heteroatoms. The summed E-state index contributed by atoms with van der Waals surface area (Å²) in [5.74, 6) is -0.263. The van der Waals surface area contributed by atoms with Crippen molar-refractivity contribution in [3.8, 4) is 0 Å². The molecule has 6 nitrogen and oxygen atoms in total. The van der Waals surface area contributed by atoms with Crippen LogP contribution in [0.1, 0.15) is 31.2 Å². The molecule has 124 valence electrons. The summed E-state index contributed by atoms with van der Waals surface area (Å²) in [5, 5.41) is 5.78. The van der Waals surface area contributed by atoms with E-state index in [0.717, 1.165) is 31.2 Å². The Bertz CT molecular complexity index is 542. The Labute approximate surface area is 135 Å². The van der Waals surface area contributed by atoms with Gasteiger partial charge in [-0.15, -0.1) is 0 Å². The maximum absolute atomic E-state index is 12.2. The van der Waals surface area contributed by atoms with E-state index in [1.807, 2.05) is 25.1 Å². The number of anilines is 2. The fourth-order valence-electron chi connectivity index (χ4n) is 2.90. The van der Waals surface area contributed by atoms with E-state index in [4.69, 9.17) is 9.47 Å². The molecule has 3 rings (SSSR count). The number of nitrogens with one attached hydrogen (secondary N) is 2. The van der Waals surface area contributed by atoms with Crippen molar-refractivity contribution in [3.05, 3.63) is 23.8 Å². The van der Waals surface area contributed by atoms with Gasteiger partial charge in [-0.1, -0.05) is 6.07 Å². The van der Waals surface area contributed by atoms with Gasteiger partial charge in [-0.25, -0.2) is 0 Å². The summed E-state index contributed by atoms with van der Waals surface area (Å²) in [5.41, 5.74) is 2.21. The van der Waals surface area contributed by atoms with Crippen molar-refractivity contribution in [2.45, 2.75) is 44.8 Å². The van der Waals surface area contributed by atoms with Crippen LogP contribution in [0.25, 0.3) is 0 Å². The molecule has 0 aromatic heterocycles. The molecule has 2 amide bonds. The predicted octanol–water partition coefficient (Wildman–Crippen LogP) is 2.23. The second kappa shape index (κ2) is 7.10. The summed E-state index contributed by atoms with van der Waals surface area (Å²) in [6.45, 7) is 3.14. The fourth-order valence-corrected chi connectivity index (χ4v) is 2.90. The van der Waals surface area contributed by atoms with E-state index in [2.05, 4.69) is 10.6 Å². The molecule has 2 aliphatic rings. The summed E-state index contributed by atoms with van der Waals surface area (Å²) < 4.78 is 10.8. The molecule has 0 aliphatic carbocycles. The van der Waals surface area contributed by atoms with E-state index in [1.54, 1.807) is 0 Å². The van der Waals surface area contributed by atoms with E-state index >= 15 is 0 Å². The molecule has 1 aromatic carbocycles. The monoisotopic (exact) mass is 318 g/mol. The smallest absolute Gasteiger partial charge is 0.253 e. The molecule has 0 bridgehead atoms. The lowest BCUT2D eigenvalue weighted by molar-refractivity contribution is -0.125. The number of amides is 2. The third kappa shape index (κ3) is 3.71. The minimum absolute atomic E-state index is 0.131. The van der Waals surface area contributed by atoms with E-state index < -0.39 is 0 Å². The van der Waals surface area contributed by atoms with E-state index in [9.17, 15) is 9.59 Å². The van der Waals surface area contributed by atoms with Crippen molar-refractivity contribution >= 4 is 23.2 Å². The van der Waals surface area contributed by atoms with Gasteiger partial charge in [-0.3, -0.25) is 9.59 Å². The Morgan fingerprint density at radius 3 is 1.83 bits per heavy atom. The summed E-state index contributed by atoms with van der Waals surface area (Å²) in [4.78, 5) is 24.3. The van der Waals surface area contributed by atoms with Gasteiger partial charge in [-0.2, -0.15) is 0 Å². The normalized spacial score (nSPS) is 23.7. The number of hydrogen-bond donors (Lipinski definition) is 2. The first kappa shape index (κ1) is 16.0. The van der Waals surface area contributed by atoms with Gasteiger partial charge in [0.1, 0.15) is 12.2 Å². The predicted molar refractivity (Wildman–Crippen MR) is 86.4 cm³/mol. The number of rotatable bonds is 4. The van der Waals surface area contributed by atoms with Crippen LogP contribution in [0.3, 0.4) is 0 Å². The fraction of sp³-hybridized carbons (Fsp3) is 0.529. The Hall–Kier alpha value is -1.92. The molecule has 0 spiro atoms. The van der Waals surface area contributed by atoms with Crippen LogP contribution < -0.4 is 10.6 Å². The van der Waals surface area contributed by atoms with Crippen molar-refractivity contribution in [2.75, 3.05) is 23.8 Å². The van der Waals surface area contributed by atoms with Gasteiger partial charge >= 0.3 is 0 Å². The molecule has 23 heavy (non-hydrogen) atoms. The van der Waals surface area contributed by atoms with E-state index in [0.29, 0.717) is 24.6 Å². The molecule has 2 heterocycles. The molecule has 1 aromatic rings. The second-order valence-corrected chi connectivity index (χ2v) is 5.96. The first-order valence-electron chi connectivity index (χ1n) is 8.09. The van der Waals surface area contributed by atoms with Crippen molar-refractivity contribution in [3.63, 3.8) is 0 Å². The minimum atomic E-state index is -0.375. The first-order chi connectivity index (χ1) is 11.1. The molecule has 0 saturated carbocycles. The van der Waals surface area contributed by atoms with Crippen molar-refractivity contribution < 1.29 is 19.1 Å². The van der Waals surface area contributed by atoms with Gasteiger partial charge in [0.15, 0.2) is 0 Å². The summed E-state index contributed by atoms with van der Waals surface area (Å²) >= 11 is 0. The van der Waals surface area contributed by atoms with E-state index in [-0.39, 0.29) is 24.0 Å². The molecular formula is C17H22N2O4. The summed E-state index contributed by atoms with van der Waals surface area (Å²) in [6, 6.07) is 5.46. The van der Waals surface area contributed by atoms with Gasteiger partial charge < -0.3 is 20.1 Å². The Morgan fingerprint density at radius 1 is 0.957 bits per heavy atom. The molecule has 2 fully saturated rings. The zero-order valence-electron chi connectivity index (χ0n) is 13.3. The average Bonchev–Trinajstić information content (AvgIpc) is 3.24. The van der Waals surface area contributed by atoms with Crippen LogP contribution in [0.5, 0.6) is 0 Å². The highest BCUT2D eigenvalue weighted by atomic mass is 16.5. The highest BCUT2D eigenvalue weighted by Gasteiger charge is 2.25. The van der Waals surface area contributed by atoms with Crippen LogP contribution in [0.2, 0.25) is 0 Å². The minimum Gasteiger partial charge on any atom is -0.368 e. The Morgan fingerprint density at radius 2 is 1.43 bits per heavy atom. The number of carbonyl (C=O) groups excluding carboxylic acids is 2. The standard InChI is InChI=1S/C17H22N2O4/c1-11-12(18-16(20)14-7-3-9-22-14)5-2-6-13(11)19-17(21)15-8-4-10-23-15/h2,5-6,14-15H,3-4,7-10H2,1H3,(H,18,20)(H,19,21)/t14-,15-/m0/s1. The average molecular weight is 318 g/mol. The van der Waals surface area contributed by atoms with Crippen LogP contribution in [-0.4, -0.2) is 37.2 Å². The first-order valence-corrected chi connectivity index (χ1v) is 8.09. The van der Waals surface area contributed by atoms with Crippen LogP contribution in [0.4, 0.5) is 11.4 Å². The van der Waals surface area contributed by atoms with Crippen LogP contribution in [-0.2, 0) is 19.1 Å². The van der Waals surface area contributed by atoms with Gasteiger partial charge in [0.25, 0.3) is 11.8 Å². The lowest BCUT2D eigenvalue weighted by atomic mass is 10.1. The summed E-state index contributed by atoms with van der Waals surface area (Å²) in [6.07, 6.45) is 2.57. The molecule has 2 aliphatic heterocycles. The number of carbonyl (C=O) groups is 2. The number of ether oxygens (including phenoxy) is 2. The maximum atomic E-state index is 12.2. The third-order valence-corrected chi connectivity index (χ3v) is 4.29. The summed E-state index contributed by atoms with van der Waals surface area (Å²) in [7, 11) is 0. The Kier molecular flexibility index (Phi) is 4.93. The topological polar surface area (TPSA) is 76.7 Å². The molecule has 2 atom stereocenters. The zero-order valence-corrected chi connectivity index (χ0v) is 13.3. The SMILES string of the molecule is Cc1c(NC(=O)[C@@H]2CCCO2)cccc1NC(=O)[C@@H]1CCCO1. The highest BCUT2D eigenvalue weighted by molar-refractivity contribution is 5.98. The van der Waals surface area contributed by atoms with Gasteiger partial charge in [0.05, 0.1) is 0 Å². The van der Waals surface area contributed by atoms with Crippen LogP contribution in [0.15, 0.2) is 18.2 Å². The van der Waals surface area contributed by atoms with Gasteiger partial charge in [0.2, 0.25) is 0 Å². The molecule has 0 unspecified atom stereocenters. The molecular weight excluding hydrogens is 296 g/mol. The molecule has 0 radical (unpaired) electrons. The Balaban J connectivity index is 1.67. The number of benzene rings is 1. The largest absolute Gasteiger partial charge is 0.368 e. The maximum Gasteiger partial charge on any atom is 0.253 e. The molecule has 2 saturated heterocycles. The quantitative estimate of drug-likeness (QED) is 0.892. The third-order valence-electron chi connectivity index (χ3n) is 4.29. The van der Waals surface area contributed by atoms with Crippen molar-refractivity contribution in [2.24, 2.45) is 0 Å². The second-order valence-electron chi connectivity index (χ2n) is 5.96. The lowest BCUT2D eigenvalue weighted by Gasteiger charge is -2.16. The molecule has 2 N–H and O–H groups in total. The van der Waals surface area contributed by atoms with Gasteiger partial charge in [0, 0.05) is 24.6 Å². The lowest BCUT2D eigenvalue weighted by Crippen LogP contribution is -2.28. The van der Waals surface area contributed by atoms with Crippen molar-refractivity contribution in [1.82, 2.24) is 0 Å². The zero-order chi connectivity index (χ0) is 16.2. The van der Waals surface area contributed by atoms with Crippen LogP contribution >= 0.6 is 0 Å². The van der Waals surface area contributed by atoms with Crippen LogP contribution in [0, 0.1) is 6.92 Å². The van der Waals surface area contributed by atoms with Gasteiger partial charge in [-0.05, 0) is 50.3 Å².